The Morgan fingerprint density at radius 3 is 2.21 bits per heavy atom. The summed E-state index contributed by atoms with van der Waals surface area (Å²) in [6, 6.07) is 49.7. The van der Waals surface area contributed by atoms with E-state index in [-0.39, 0.29) is 6.17 Å². The molecular weight excluding hydrogens is 717 g/mol. The van der Waals surface area contributed by atoms with Crippen molar-refractivity contribution < 1.29 is 4.42 Å². The smallest absolute Gasteiger partial charge is 0.169 e. The average molecular weight is 753 g/mol. The number of thiophene rings is 1. The molecule has 0 amide bonds. The number of aryl methyl sites for hydroxylation is 2. The fraction of sp³-hybridized carbons (Fsp3) is 0.0980. The number of aromatic nitrogens is 1. The second-order valence-electron chi connectivity index (χ2n) is 15.2. The molecule has 2 aliphatic carbocycles. The van der Waals surface area contributed by atoms with Gasteiger partial charge in [0.1, 0.15) is 23.0 Å². The van der Waals surface area contributed by atoms with Crippen LogP contribution in [0.4, 0.5) is 0 Å². The van der Waals surface area contributed by atoms with Crippen molar-refractivity contribution in [3.8, 4) is 11.1 Å². The van der Waals surface area contributed by atoms with E-state index < -0.39 is 0 Å². The molecule has 12 rings (SSSR count). The summed E-state index contributed by atoms with van der Waals surface area (Å²) < 4.78 is 11.8. The molecule has 3 aromatic heterocycles. The van der Waals surface area contributed by atoms with E-state index in [2.05, 4.69) is 131 Å². The Morgan fingerprint density at radius 2 is 1.39 bits per heavy atom. The maximum absolute atomic E-state index is 6.87. The maximum Gasteiger partial charge on any atom is 0.169 e. The van der Waals surface area contributed by atoms with Gasteiger partial charge in [-0.15, -0.1) is 11.3 Å². The lowest BCUT2D eigenvalue weighted by molar-refractivity contribution is 0.596. The monoisotopic (exact) mass is 752 g/mol. The number of nitrogens with zero attached hydrogens (tertiary/aromatic N) is 3. The van der Waals surface area contributed by atoms with E-state index in [4.69, 9.17) is 14.4 Å². The van der Waals surface area contributed by atoms with Crippen LogP contribution in [0.1, 0.15) is 58.3 Å². The molecule has 0 unspecified atom stereocenters. The Bertz CT molecular complexity index is 3160. The maximum atomic E-state index is 6.87. The molecule has 0 fully saturated rings. The lowest BCUT2D eigenvalue weighted by Gasteiger charge is -2.22. The zero-order chi connectivity index (χ0) is 37.5. The topological polar surface area (TPSA) is 54.8 Å². The van der Waals surface area contributed by atoms with E-state index in [0.717, 1.165) is 76.5 Å². The van der Waals surface area contributed by atoms with Crippen LogP contribution in [0.15, 0.2) is 160 Å². The molecular formula is C51H36N4OS. The standard InChI is InChI=1S/C51H36N4OS/c1-3-12-31(13-4-1)49-52-50(32-14-5-2-6-15-32)54-51(53-49)34-22-25-40-42-28-33(23-27-46(42)57-47(40)29-34)36-18-11-19-41-39-26-24-35(30-45(39)56-48(36)41)55-43-20-9-7-16-37(43)38-17-8-10-21-44(38)55/h1-7,9-16,18-23,25,27-30,51H,8,17,24,26H2,(H,52,53,54). The number of allylic oxidation sites excluding steroid dienone is 2. The van der Waals surface area contributed by atoms with E-state index in [0.29, 0.717) is 0 Å². The highest BCUT2D eigenvalue weighted by Gasteiger charge is 2.26. The zero-order valence-electron chi connectivity index (χ0n) is 31.1. The van der Waals surface area contributed by atoms with Crippen LogP contribution in [0, 0.1) is 0 Å². The molecule has 5 nitrogen and oxygen atoms in total. The van der Waals surface area contributed by atoms with Crippen LogP contribution >= 0.6 is 11.3 Å². The van der Waals surface area contributed by atoms with Crippen molar-refractivity contribution in [3.05, 3.63) is 185 Å². The second-order valence-corrected chi connectivity index (χ2v) is 16.3. The predicted molar refractivity (Wildman–Crippen MR) is 238 cm³/mol. The molecule has 4 heterocycles. The number of benzene rings is 6. The summed E-state index contributed by atoms with van der Waals surface area (Å²) in [6.45, 7) is 0. The van der Waals surface area contributed by atoms with E-state index in [1.54, 1.807) is 0 Å². The second kappa shape index (κ2) is 12.9. The molecule has 57 heavy (non-hydrogen) atoms. The molecule has 0 saturated heterocycles. The number of furan rings is 1. The average Bonchev–Trinajstić information content (AvgIpc) is 3.95. The van der Waals surface area contributed by atoms with E-state index >= 15 is 0 Å². The van der Waals surface area contributed by atoms with Crippen molar-refractivity contribution >= 4 is 82.9 Å². The summed E-state index contributed by atoms with van der Waals surface area (Å²) in [7, 11) is 0. The molecule has 9 aromatic rings. The fourth-order valence-corrected chi connectivity index (χ4v) is 10.3. The van der Waals surface area contributed by atoms with Gasteiger partial charge in [0, 0.05) is 70.7 Å². The molecule has 0 atom stereocenters. The number of fused-ring (bicyclic) bond motifs is 9. The van der Waals surface area contributed by atoms with E-state index in [1.807, 2.05) is 47.7 Å². The van der Waals surface area contributed by atoms with Gasteiger partial charge in [-0.05, 0) is 72.7 Å². The fourth-order valence-electron chi connectivity index (χ4n) is 9.15. The van der Waals surface area contributed by atoms with Crippen LogP contribution in [0.3, 0.4) is 0 Å². The minimum absolute atomic E-state index is 0.364. The van der Waals surface area contributed by atoms with Crippen molar-refractivity contribution in [2.24, 2.45) is 9.98 Å². The molecule has 0 bridgehead atoms. The van der Waals surface area contributed by atoms with Crippen molar-refractivity contribution in [2.45, 2.75) is 31.8 Å². The zero-order valence-corrected chi connectivity index (χ0v) is 31.9. The SMILES string of the molecule is C1=Cc2c(c3ccccc3n2C2=Cc3oc4c(-c5ccc6sc7cc(C8N=C(c9ccccc9)NC(c9ccccc9)=N8)ccc7c6c5)cccc4c3CC2)CC1. The summed E-state index contributed by atoms with van der Waals surface area (Å²) in [5.41, 5.74) is 13.1. The molecule has 3 aliphatic rings. The minimum Gasteiger partial charge on any atom is -0.456 e. The number of hydrogen-bond donors (Lipinski definition) is 1. The Kier molecular flexibility index (Phi) is 7.35. The van der Waals surface area contributed by atoms with Crippen molar-refractivity contribution in [1.29, 1.82) is 0 Å². The third-order valence-corrected chi connectivity index (χ3v) is 13.0. The van der Waals surface area contributed by atoms with Gasteiger partial charge in [0.2, 0.25) is 0 Å². The third-order valence-electron chi connectivity index (χ3n) is 11.9. The largest absolute Gasteiger partial charge is 0.456 e. The summed E-state index contributed by atoms with van der Waals surface area (Å²) in [6.07, 6.45) is 10.7. The van der Waals surface area contributed by atoms with Gasteiger partial charge in [-0.2, -0.15) is 0 Å². The molecule has 0 radical (unpaired) electrons. The normalized spacial score (nSPS) is 15.4. The Labute approximate surface area is 333 Å². The quantitative estimate of drug-likeness (QED) is 0.190. The molecule has 1 aliphatic heterocycles. The first-order valence-corrected chi connectivity index (χ1v) is 20.6. The highest BCUT2D eigenvalue weighted by molar-refractivity contribution is 7.25. The number of rotatable bonds is 5. The van der Waals surface area contributed by atoms with Crippen LogP contribution in [0.2, 0.25) is 0 Å². The van der Waals surface area contributed by atoms with Gasteiger partial charge in [0.05, 0.1) is 5.52 Å². The Hall–Kier alpha value is -6.76. The summed E-state index contributed by atoms with van der Waals surface area (Å²) in [4.78, 5) is 10.2. The number of para-hydroxylation sites is 2. The van der Waals surface area contributed by atoms with Gasteiger partial charge in [-0.25, -0.2) is 9.98 Å². The molecule has 0 saturated carbocycles. The third kappa shape index (κ3) is 5.28. The first-order chi connectivity index (χ1) is 28.2. The lowest BCUT2D eigenvalue weighted by Crippen LogP contribution is -2.35. The number of nitrogens with one attached hydrogen (secondary N) is 1. The van der Waals surface area contributed by atoms with Gasteiger partial charge in [-0.1, -0.05) is 121 Å². The van der Waals surface area contributed by atoms with Crippen molar-refractivity contribution in [1.82, 2.24) is 9.88 Å². The van der Waals surface area contributed by atoms with Gasteiger partial charge in [0.15, 0.2) is 6.17 Å². The van der Waals surface area contributed by atoms with Crippen LogP contribution in [-0.2, 0) is 12.8 Å². The minimum atomic E-state index is -0.364. The first-order valence-electron chi connectivity index (χ1n) is 19.8. The molecule has 0 spiro atoms. The van der Waals surface area contributed by atoms with Gasteiger partial charge < -0.3 is 14.3 Å². The molecule has 6 aromatic carbocycles. The number of hydrogen-bond acceptors (Lipinski definition) is 5. The summed E-state index contributed by atoms with van der Waals surface area (Å²) in [5.74, 6) is 2.63. The van der Waals surface area contributed by atoms with E-state index in [9.17, 15) is 0 Å². The van der Waals surface area contributed by atoms with Crippen LogP contribution in [-0.4, -0.2) is 16.2 Å². The number of amidine groups is 2. The highest BCUT2D eigenvalue weighted by atomic mass is 32.1. The van der Waals surface area contributed by atoms with Crippen molar-refractivity contribution in [2.75, 3.05) is 0 Å². The summed E-state index contributed by atoms with van der Waals surface area (Å²) >= 11 is 1.82. The number of aliphatic imine (C=N–C) groups is 2. The Balaban J connectivity index is 0.925. The van der Waals surface area contributed by atoms with Crippen LogP contribution in [0.5, 0.6) is 0 Å². The first kappa shape index (κ1) is 32.5. The highest BCUT2D eigenvalue weighted by Crippen LogP contribution is 2.44. The molecule has 1 N–H and O–H groups in total. The summed E-state index contributed by atoms with van der Waals surface area (Å²) in [5, 5.41) is 8.58. The Morgan fingerprint density at radius 1 is 0.614 bits per heavy atom. The van der Waals surface area contributed by atoms with E-state index in [1.165, 1.54) is 59.0 Å². The van der Waals surface area contributed by atoms with Gasteiger partial charge in [-0.3, -0.25) is 0 Å². The van der Waals surface area contributed by atoms with Gasteiger partial charge in [0.25, 0.3) is 0 Å². The van der Waals surface area contributed by atoms with Crippen LogP contribution in [0.25, 0.3) is 71.0 Å². The van der Waals surface area contributed by atoms with Gasteiger partial charge >= 0.3 is 0 Å². The van der Waals surface area contributed by atoms with Crippen LogP contribution < -0.4 is 5.32 Å². The lowest BCUT2D eigenvalue weighted by atomic mass is 9.95. The molecule has 272 valence electrons. The predicted octanol–water partition coefficient (Wildman–Crippen LogP) is 12.8. The molecule has 6 heteroatoms. The van der Waals surface area contributed by atoms with Crippen molar-refractivity contribution in [3.63, 3.8) is 0 Å².